The highest BCUT2D eigenvalue weighted by Gasteiger charge is 2.38. The Bertz CT molecular complexity index is 1460. The molecule has 1 amide bonds. The molecule has 0 aliphatic heterocycles. The van der Waals surface area contributed by atoms with Crippen molar-refractivity contribution < 1.29 is 14.3 Å². The van der Waals surface area contributed by atoms with E-state index in [9.17, 15) is 4.79 Å². The maximum absolute atomic E-state index is 12.3. The van der Waals surface area contributed by atoms with Gasteiger partial charge in [-0.1, -0.05) is 62.4 Å². The molecule has 3 aromatic rings. The Morgan fingerprint density at radius 2 is 1.90 bits per heavy atom. The number of methoxy groups -OCH3 is 1. The molecule has 0 saturated carbocycles. The van der Waals surface area contributed by atoms with Crippen LogP contribution in [0.1, 0.15) is 83.0 Å². The zero-order valence-corrected chi connectivity index (χ0v) is 25.2. The van der Waals surface area contributed by atoms with Crippen LogP contribution in [-0.2, 0) is 28.0 Å². The van der Waals surface area contributed by atoms with Gasteiger partial charge in [0, 0.05) is 35.6 Å². The van der Waals surface area contributed by atoms with Crippen LogP contribution in [-0.4, -0.2) is 31.0 Å². The van der Waals surface area contributed by atoms with Crippen molar-refractivity contribution in [2.75, 3.05) is 7.11 Å². The Labute approximate surface area is 244 Å². The number of amides is 1. The molecule has 2 aromatic carbocycles. The summed E-state index contributed by atoms with van der Waals surface area (Å²) in [6.07, 6.45) is 14.1. The van der Waals surface area contributed by atoms with Crippen molar-refractivity contribution in [3.05, 3.63) is 99.8 Å². The fourth-order valence-corrected chi connectivity index (χ4v) is 5.79. The van der Waals surface area contributed by atoms with E-state index < -0.39 is 5.60 Å². The average Bonchev–Trinajstić information content (AvgIpc) is 3.33. The van der Waals surface area contributed by atoms with E-state index in [-0.39, 0.29) is 6.41 Å². The first-order chi connectivity index (χ1) is 19.8. The number of H-pyrrole nitrogens is 1. The predicted molar refractivity (Wildman–Crippen MR) is 171 cm³/mol. The lowest BCUT2D eigenvalue weighted by Crippen LogP contribution is -2.36. The maximum Gasteiger partial charge on any atom is 0.204 e. The number of benzene rings is 2. The summed E-state index contributed by atoms with van der Waals surface area (Å²) in [6.45, 7) is 14.1. The molecule has 1 aliphatic carbocycles. The highest BCUT2D eigenvalue weighted by atomic mass is 16.5. The molecule has 0 spiro atoms. The summed E-state index contributed by atoms with van der Waals surface area (Å²) in [7, 11) is 1.80. The molecule has 0 radical (unpaired) electrons. The van der Waals surface area contributed by atoms with Crippen LogP contribution in [0.3, 0.4) is 0 Å². The molecular weight excluding hydrogens is 512 g/mol. The van der Waals surface area contributed by atoms with Crippen LogP contribution >= 0.6 is 0 Å². The van der Waals surface area contributed by atoms with E-state index in [1.165, 1.54) is 22.3 Å². The van der Waals surface area contributed by atoms with Gasteiger partial charge in [-0.2, -0.15) is 5.10 Å². The normalized spacial score (nSPS) is 16.5. The second kappa shape index (κ2) is 15.5. The molecule has 1 heterocycles. The van der Waals surface area contributed by atoms with Crippen molar-refractivity contribution in [3.8, 4) is 0 Å². The number of allylic oxidation sites excluding steroid dienone is 5. The fourth-order valence-electron chi connectivity index (χ4n) is 5.79. The Morgan fingerprint density at radius 3 is 2.49 bits per heavy atom. The number of hydrazone groups is 1. The molecular formula is C34H44N4O3. The van der Waals surface area contributed by atoms with E-state index in [0.29, 0.717) is 12.0 Å². The van der Waals surface area contributed by atoms with Crippen LogP contribution in [0.5, 0.6) is 0 Å². The van der Waals surface area contributed by atoms with Crippen molar-refractivity contribution in [2.24, 2.45) is 16.7 Å². The number of aromatic nitrogens is 1. The average molecular weight is 557 g/mol. The van der Waals surface area contributed by atoms with Gasteiger partial charge < -0.3 is 21.3 Å². The number of rotatable bonds is 8. The van der Waals surface area contributed by atoms with Gasteiger partial charge in [-0.25, -0.2) is 0 Å². The molecule has 1 aromatic heterocycles. The van der Waals surface area contributed by atoms with Gasteiger partial charge in [-0.3, -0.25) is 9.59 Å². The Hall–Kier alpha value is -4.23. The van der Waals surface area contributed by atoms with Crippen LogP contribution in [0.15, 0.2) is 60.2 Å². The highest BCUT2D eigenvalue weighted by molar-refractivity contribution is 6.11. The summed E-state index contributed by atoms with van der Waals surface area (Å²) in [5, 5.41) is 4.60. The van der Waals surface area contributed by atoms with Gasteiger partial charge >= 0.3 is 0 Å². The predicted octanol–water partition coefficient (Wildman–Crippen LogP) is 6.58. The lowest BCUT2D eigenvalue weighted by atomic mass is 9.73. The summed E-state index contributed by atoms with van der Waals surface area (Å²) in [4.78, 5) is 24.4. The van der Waals surface area contributed by atoms with Gasteiger partial charge in [0.15, 0.2) is 6.29 Å². The second-order valence-electron chi connectivity index (χ2n) is 9.73. The Morgan fingerprint density at radius 1 is 1.20 bits per heavy atom. The third kappa shape index (κ3) is 7.11. The first-order valence-corrected chi connectivity index (χ1v) is 14.0. The van der Waals surface area contributed by atoms with Crippen LogP contribution in [0.4, 0.5) is 0 Å². The number of nitrogens with two attached hydrogens (primary N) is 2. The van der Waals surface area contributed by atoms with E-state index in [0.717, 1.165) is 58.8 Å². The zero-order chi connectivity index (χ0) is 30.6. The molecule has 7 nitrogen and oxygen atoms in total. The summed E-state index contributed by atoms with van der Waals surface area (Å²) < 4.78 is 6.31. The number of hydrogen-bond donors (Lipinski definition) is 3. The van der Waals surface area contributed by atoms with Crippen LogP contribution in [0.25, 0.3) is 16.5 Å². The first-order valence-electron chi connectivity index (χ1n) is 14.0. The lowest BCUT2D eigenvalue weighted by Gasteiger charge is -2.39. The number of carbonyl (C=O) groups is 2. The van der Waals surface area contributed by atoms with Crippen LogP contribution < -0.4 is 11.6 Å². The molecule has 0 saturated heterocycles. The van der Waals surface area contributed by atoms with Crippen molar-refractivity contribution in [1.29, 1.82) is 0 Å². The molecule has 5 N–H and O–H groups in total. The number of aromatic amines is 1. The number of fused-ring (bicyclic) bond motifs is 2. The highest BCUT2D eigenvalue weighted by Crippen LogP contribution is 2.43. The van der Waals surface area contributed by atoms with Gasteiger partial charge in [-0.05, 0) is 80.0 Å². The number of ether oxygens (including phenoxy) is 1. The summed E-state index contributed by atoms with van der Waals surface area (Å²) in [6, 6.07) is 8.63. The SMILES string of the molecule is C=C/C=C\C(=C/C)c1[nH]c2cc(CC3(OC)CCCc4c(C)cc(C)cc43)cc(C=O)c2c1/C=N\N.CC.NC=O. The monoisotopic (exact) mass is 556 g/mol. The second-order valence-corrected chi connectivity index (χ2v) is 9.73. The lowest BCUT2D eigenvalue weighted by molar-refractivity contribution is -0.106. The fraction of sp³-hybridized carbons (Fsp3) is 0.324. The van der Waals surface area contributed by atoms with Crippen LogP contribution in [0, 0.1) is 13.8 Å². The number of nitrogens with one attached hydrogen (secondary N) is 1. The molecule has 218 valence electrons. The van der Waals surface area contributed by atoms with E-state index in [2.05, 4.69) is 54.4 Å². The van der Waals surface area contributed by atoms with Gasteiger partial charge in [0.2, 0.25) is 6.41 Å². The van der Waals surface area contributed by atoms with Gasteiger partial charge in [0.1, 0.15) is 0 Å². The van der Waals surface area contributed by atoms with Crippen molar-refractivity contribution in [2.45, 2.75) is 65.9 Å². The summed E-state index contributed by atoms with van der Waals surface area (Å²) in [5.41, 5.74) is 14.1. The van der Waals surface area contributed by atoms with Gasteiger partial charge in [0.05, 0.1) is 17.5 Å². The molecule has 7 heteroatoms. The maximum atomic E-state index is 12.3. The zero-order valence-electron chi connectivity index (χ0n) is 25.2. The molecule has 1 aliphatic rings. The molecule has 4 rings (SSSR count). The van der Waals surface area contributed by atoms with Crippen molar-refractivity contribution in [1.82, 2.24) is 4.98 Å². The Kier molecular flexibility index (Phi) is 12.5. The van der Waals surface area contributed by atoms with Crippen molar-refractivity contribution >= 4 is 35.4 Å². The van der Waals surface area contributed by atoms with E-state index in [4.69, 9.17) is 15.4 Å². The number of hydrogen-bond acceptors (Lipinski definition) is 5. The first kappa shape index (κ1) is 33.0. The summed E-state index contributed by atoms with van der Waals surface area (Å²) in [5.74, 6) is 5.57. The standard InChI is InChI=1S/C31H35N3O2.C2H6.CH3NO/c1-6-8-10-23(7-2)30-26(18-33-32)29-24(19-35)15-22(16-28(29)34-30)17-31(36-5)12-9-11-25-21(4)13-20(3)14-27(25)31;1-2;2-1-3/h6-8,10,13-16,18-19,34H,1,9,11-12,17,32H2,2-5H3;1-2H3;1H,(H2,2,3)/b10-8-,23-7+,33-18-;;. The number of aryl methyl sites for hydroxylation is 2. The molecule has 1 unspecified atom stereocenters. The molecule has 1 atom stereocenters. The topological polar surface area (TPSA) is 124 Å². The van der Waals surface area contributed by atoms with Gasteiger partial charge in [-0.15, -0.1) is 0 Å². The smallest absolute Gasteiger partial charge is 0.204 e. The van der Waals surface area contributed by atoms with E-state index in [1.807, 2.05) is 45.1 Å². The van der Waals surface area contributed by atoms with Crippen molar-refractivity contribution in [3.63, 3.8) is 0 Å². The third-order valence-electron chi connectivity index (χ3n) is 7.37. The number of carbonyl (C=O) groups excluding carboxylic acids is 2. The van der Waals surface area contributed by atoms with Crippen LogP contribution in [0.2, 0.25) is 0 Å². The van der Waals surface area contributed by atoms with Gasteiger partial charge in [0.25, 0.3) is 0 Å². The minimum atomic E-state index is -0.434. The molecule has 0 fully saturated rings. The van der Waals surface area contributed by atoms with E-state index >= 15 is 0 Å². The number of primary amides is 1. The molecule has 0 bridgehead atoms. The summed E-state index contributed by atoms with van der Waals surface area (Å²) >= 11 is 0. The minimum absolute atomic E-state index is 0.250. The quantitative estimate of drug-likeness (QED) is 0.0952. The minimum Gasteiger partial charge on any atom is -0.373 e. The number of aldehydes is 1. The number of nitrogens with zero attached hydrogens (tertiary/aromatic N) is 1. The van der Waals surface area contributed by atoms with E-state index in [1.54, 1.807) is 19.4 Å². The third-order valence-corrected chi connectivity index (χ3v) is 7.37. The Balaban J connectivity index is 0.00000110. The molecule has 41 heavy (non-hydrogen) atoms. The largest absolute Gasteiger partial charge is 0.373 e.